The molecule has 0 spiro atoms. The first-order valence-corrected chi connectivity index (χ1v) is 24.2. The molecule has 4 aliphatic carbocycles. The van der Waals surface area contributed by atoms with Gasteiger partial charge in [-0.1, -0.05) is 41.5 Å². The van der Waals surface area contributed by atoms with Gasteiger partial charge >= 0.3 is 83.7 Å². The van der Waals surface area contributed by atoms with Crippen molar-refractivity contribution in [2.24, 2.45) is 0 Å². The molecule has 0 fully saturated rings. The molecular weight excluding hydrogens is 670 g/mol. The summed E-state index contributed by atoms with van der Waals surface area (Å²) >= 11 is 3.48. The molecule has 0 saturated heterocycles. The third-order valence-corrected chi connectivity index (χ3v) is 3.95. The molecule has 0 nitrogen and oxygen atoms in total. The molecule has 36 heavy (non-hydrogen) atoms. The van der Waals surface area contributed by atoms with Crippen LogP contribution in [0.15, 0.2) is 69.9 Å². The second-order valence-electron chi connectivity index (χ2n) is 8.99. The van der Waals surface area contributed by atoms with Crippen molar-refractivity contribution in [3.8, 4) is 0 Å². The first-order valence-electron chi connectivity index (χ1n) is 11.8. The quantitative estimate of drug-likeness (QED) is 0.268. The molecule has 4 aliphatic rings. The molecule has 0 amide bonds. The Hall–Kier alpha value is 0.700. The van der Waals surface area contributed by atoms with E-state index in [2.05, 4.69) is 128 Å². The number of hydrogen-bond donors (Lipinski definition) is 0. The van der Waals surface area contributed by atoms with Gasteiger partial charge in [-0.15, -0.1) is 25.7 Å². The van der Waals surface area contributed by atoms with Crippen molar-refractivity contribution in [3.05, 3.63) is 94.2 Å². The van der Waals surface area contributed by atoms with Crippen molar-refractivity contribution in [3.63, 3.8) is 0 Å². The van der Waals surface area contributed by atoms with Crippen LogP contribution in [0.1, 0.15) is 67.2 Å². The van der Waals surface area contributed by atoms with E-state index in [9.17, 15) is 0 Å². The Bertz CT molecular complexity index is 812. The van der Waals surface area contributed by atoms with E-state index in [1.54, 1.807) is 46.7 Å². The van der Waals surface area contributed by atoms with E-state index >= 15 is 0 Å². The molecule has 0 aromatic heterocycles. The minimum atomic E-state index is 0. The predicted molar refractivity (Wildman–Crippen MR) is 149 cm³/mol. The van der Waals surface area contributed by atoms with Crippen molar-refractivity contribution in [1.82, 2.24) is 0 Å². The van der Waals surface area contributed by atoms with Crippen LogP contribution in [0.3, 0.4) is 0 Å². The van der Waals surface area contributed by atoms with Gasteiger partial charge in [-0.3, -0.25) is 24.3 Å². The molecule has 4 rings (SSSR count). The Balaban J connectivity index is -0.000000171. The van der Waals surface area contributed by atoms with Crippen molar-refractivity contribution in [1.29, 1.82) is 0 Å². The normalized spacial score (nSPS) is 15.2. The SMILES string of the molecule is CC1=[C-]CC(C)=C1.CC1=[C-]CC(C)=C1.CC1=[C-]CC=C1.CC1=[C-]CC=C1.C[Si](C)=[Zr+2].C[Si](C)=[Zr+2].[Cl-].[Cl-]. The van der Waals surface area contributed by atoms with Crippen molar-refractivity contribution < 1.29 is 71.5 Å². The van der Waals surface area contributed by atoms with Gasteiger partial charge in [0.05, 0.1) is 0 Å². The topological polar surface area (TPSA) is 0 Å². The Kier molecular flexibility index (Phi) is 34.9. The van der Waals surface area contributed by atoms with Crippen LogP contribution in [0, 0.1) is 24.3 Å². The fourth-order valence-corrected chi connectivity index (χ4v) is 2.53. The van der Waals surface area contributed by atoms with Gasteiger partial charge < -0.3 is 24.8 Å². The number of allylic oxidation sites excluding steroid dienone is 16. The fourth-order valence-electron chi connectivity index (χ4n) is 2.53. The van der Waals surface area contributed by atoms with Gasteiger partial charge in [0.2, 0.25) is 0 Å². The summed E-state index contributed by atoms with van der Waals surface area (Å²) in [5.41, 5.74) is 8.40. The molecule has 196 valence electrons. The van der Waals surface area contributed by atoms with Gasteiger partial charge in [0, 0.05) is 0 Å². The summed E-state index contributed by atoms with van der Waals surface area (Å²) in [5.74, 6) is 0. The van der Waals surface area contributed by atoms with E-state index < -0.39 is 0 Å². The molecule has 0 N–H and O–H groups in total. The third-order valence-electron chi connectivity index (χ3n) is 3.95. The second-order valence-corrected chi connectivity index (χ2v) is 27.7. The maximum atomic E-state index is 3.19. The van der Waals surface area contributed by atoms with Gasteiger partial charge in [-0.25, -0.2) is 46.6 Å². The van der Waals surface area contributed by atoms with E-state index in [4.69, 9.17) is 0 Å². The predicted octanol–water partition coefficient (Wildman–Crippen LogP) is 3.14. The Morgan fingerprint density at radius 1 is 0.556 bits per heavy atom. The van der Waals surface area contributed by atoms with Crippen LogP contribution in [-0.4, -0.2) is 10.9 Å². The molecular formula is C30H44Cl2Si2Zr2-2. The summed E-state index contributed by atoms with van der Waals surface area (Å²) in [6.07, 6.45) is 29.5. The van der Waals surface area contributed by atoms with Gasteiger partial charge in [-0.2, -0.15) is 23.3 Å². The molecule has 6 heteroatoms. The largest absolute Gasteiger partial charge is 1.00 e. The molecule has 0 heterocycles. The first kappa shape index (κ1) is 43.7. The minimum Gasteiger partial charge on any atom is -1.00 e. The zero-order valence-electron chi connectivity index (χ0n) is 24.0. The van der Waals surface area contributed by atoms with Crippen LogP contribution < -0.4 is 24.8 Å². The third kappa shape index (κ3) is 36.9. The molecule has 0 aromatic carbocycles. The molecule has 0 bridgehead atoms. The van der Waals surface area contributed by atoms with Crippen LogP contribution in [0.4, 0.5) is 0 Å². The molecule has 0 aromatic rings. The summed E-state index contributed by atoms with van der Waals surface area (Å²) in [6.45, 7) is 21.8. The smallest absolute Gasteiger partial charge is 1.00 e. The number of rotatable bonds is 0. The van der Waals surface area contributed by atoms with Gasteiger partial charge in [-0.05, 0) is 0 Å². The molecule has 0 radical (unpaired) electrons. The monoisotopic (exact) mass is 710 g/mol. The summed E-state index contributed by atoms with van der Waals surface area (Å²) in [4.78, 5) is 0. The van der Waals surface area contributed by atoms with Gasteiger partial charge in [0.1, 0.15) is 0 Å². The second kappa shape index (κ2) is 28.7. The molecule has 0 unspecified atom stereocenters. The molecule has 0 atom stereocenters. The fraction of sp³-hybridized carbons (Fsp3) is 0.467. The number of halogens is 2. The molecule has 0 aliphatic heterocycles. The van der Waals surface area contributed by atoms with Crippen LogP contribution >= 0.6 is 0 Å². The van der Waals surface area contributed by atoms with Crippen molar-refractivity contribution in [2.45, 2.75) is 93.4 Å². The van der Waals surface area contributed by atoms with E-state index in [-0.39, 0.29) is 35.7 Å². The zero-order valence-corrected chi connectivity index (χ0v) is 32.5. The van der Waals surface area contributed by atoms with Gasteiger partial charge in [0.15, 0.2) is 0 Å². The maximum absolute atomic E-state index is 3.19. The minimum absolute atomic E-state index is 0. The van der Waals surface area contributed by atoms with Crippen LogP contribution in [0.5, 0.6) is 0 Å². The standard InChI is InChI=1S/2C7H9.2C6H7.2C2H6Si.2ClH.2Zr/c2*1-6-3-4-7(2)5-6;2*1-6-4-2-3-5-6;2*1-3-2;;;;/h2*5H,3H2,1-2H3;2*2,4H,3H2,1H3;2*1-2H3;2*1H;;/q4*-1;;;;;2*+2/p-2. The summed E-state index contributed by atoms with van der Waals surface area (Å²) in [5, 5.41) is 0. The molecule has 0 saturated carbocycles. The van der Waals surface area contributed by atoms with Crippen LogP contribution in [0.25, 0.3) is 0 Å². The van der Waals surface area contributed by atoms with E-state index in [1.165, 1.54) is 33.4 Å². The summed E-state index contributed by atoms with van der Waals surface area (Å²) < 4.78 is 0. The number of hydrogen-bond acceptors (Lipinski definition) is 0. The van der Waals surface area contributed by atoms with Crippen molar-refractivity contribution >= 4 is 10.9 Å². The van der Waals surface area contributed by atoms with Crippen LogP contribution in [0.2, 0.25) is 26.2 Å². The average molecular weight is 714 g/mol. The van der Waals surface area contributed by atoms with Gasteiger partial charge in [0.25, 0.3) is 0 Å². The van der Waals surface area contributed by atoms with E-state index in [1.807, 2.05) is 0 Å². The first-order chi connectivity index (χ1) is 15.8. The summed E-state index contributed by atoms with van der Waals surface area (Å²) in [7, 11) is 0. The Morgan fingerprint density at radius 3 is 0.889 bits per heavy atom. The maximum Gasteiger partial charge on any atom is -1.00 e. The summed E-state index contributed by atoms with van der Waals surface area (Å²) in [6, 6.07) is 0. The Morgan fingerprint density at radius 2 is 0.833 bits per heavy atom. The van der Waals surface area contributed by atoms with E-state index in [0.29, 0.717) is 0 Å². The Labute approximate surface area is 267 Å². The van der Waals surface area contributed by atoms with Crippen molar-refractivity contribution in [2.75, 3.05) is 0 Å². The average Bonchev–Trinajstić information content (AvgIpc) is 3.50. The van der Waals surface area contributed by atoms with Crippen LogP contribution in [-0.2, 0) is 46.7 Å². The van der Waals surface area contributed by atoms with E-state index in [0.717, 1.165) is 25.7 Å². The zero-order chi connectivity index (χ0) is 26.5.